The van der Waals surface area contributed by atoms with Crippen LogP contribution >= 0.6 is 0 Å². The normalized spacial score (nSPS) is 11.9. The number of aromatic nitrogens is 2. The van der Waals surface area contributed by atoms with Crippen LogP contribution in [0.2, 0.25) is 0 Å². The Morgan fingerprint density at radius 2 is 2.24 bits per heavy atom. The van der Waals surface area contributed by atoms with E-state index < -0.39 is 10.0 Å². The highest BCUT2D eigenvalue weighted by molar-refractivity contribution is 7.89. The van der Waals surface area contributed by atoms with Gasteiger partial charge in [0.25, 0.3) is 0 Å². The van der Waals surface area contributed by atoms with Crippen molar-refractivity contribution in [3.63, 3.8) is 0 Å². The van der Waals surface area contributed by atoms with E-state index in [0.29, 0.717) is 25.9 Å². The molecular formula is C10H19N3O3S. The van der Waals surface area contributed by atoms with Crippen molar-refractivity contribution in [3.8, 4) is 0 Å². The number of aliphatic hydroxyl groups excluding tert-OH is 1. The second-order valence-electron chi connectivity index (χ2n) is 3.92. The summed E-state index contributed by atoms with van der Waals surface area (Å²) in [6.45, 7) is 2.82. The van der Waals surface area contributed by atoms with E-state index >= 15 is 0 Å². The number of hydrogen-bond acceptors (Lipinski definition) is 4. The van der Waals surface area contributed by atoms with Crippen LogP contribution in [0.5, 0.6) is 0 Å². The van der Waals surface area contributed by atoms with Crippen molar-refractivity contribution in [3.05, 3.63) is 18.0 Å². The van der Waals surface area contributed by atoms with E-state index in [9.17, 15) is 8.42 Å². The van der Waals surface area contributed by atoms with E-state index in [-0.39, 0.29) is 12.4 Å². The first-order chi connectivity index (χ1) is 8.03. The van der Waals surface area contributed by atoms with Crippen molar-refractivity contribution in [1.82, 2.24) is 14.5 Å². The molecule has 2 N–H and O–H groups in total. The number of aryl methyl sites for hydroxylation is 1. The summed E-state index contributed by atoms with van der Waals surface area (Å²) in [5, 5.41) is 12.6. The maximum atomic E-state index is 11.5. The molecule has 0 spiro atoms. The number of nitrogens with one attached hydrogen (secondary N) is 1. The van der Waals surface area contributed by atoms with Crippen LogP contribution in [-0.2, 0) is 16.6 Å². The van der Waals surface area contributed by atoms with Crippen molar-refractivity contribution in [2.24, 2.45) is 0 Å². The van der Waals surface area contributed by atoms with Crippen molar-refractivity contribution in [2.75, 3.05) is 18.9 Å². The maximum Gasteiger partial charge on any atom is 0.211 e. The first-order valence-electron chi connectivity index (χ1n) is 5.61. The van der Waals surface area contributed by atoms with Crippen LogP contribution in [0.1, 0.15) is 18.4 Å². The lowest BCUT2D eigenvalue weighted by atomic mass is 10.4. The van der Waals surface area contributed by atoms with Gasteiger partial charge >= 0.3 is 0 Å². The Bertz CT molecular complexity index is 428. The number of rotatable bonds is 8. The Morgan fingerprint density at radius 3 is 2.82 bits per heavy atom. The smallest absolute Gasteiger partial charge is 0.211 e. The number of unbranched alkanes of at least 4 members (excludes halogenated alkanes) is 1. The number of nitrogens with zero attached hydrogens (tertiary/aromatic N) is 2. The molecule has 0 fully saturated rings. The standard InChI is InChI=1S/C10H19N3O3S/c1-10-8-11-13(9-10)5-4-12-17(15,16)7-3-2-6-14/h8-9,12,14H,2-7H2,1H3. The van der Waals surface area contributed by atoms with Gasteiger partial charge in [-0.25, -0.2) is 13.1 Å². The largest absolute Gasteiger partial charge is 0.396 e. The van der Waals surface area contributed by atoms with Crippen LogP contribution in [0, 0.1) is 6.92 Å². The molecule has 0 saturated carbocycles. The van der Waals surface area contributed by atoms with Crippen LogP contribution < -0.4 is 4.72 Å². The second kappa shape index (κ2) is 6.73. The third kappa shape index (κ3) is 5.81. The molecule has 17 heavy (non-hydrogen) atoms. The van der Waals surface area contributed by atoms with E-state index in [1.807, 2.05) is 13.1 Å². The predicted octanol–water partition coefficient (Wildman–Crippen LogP) is -0.117. The van der Waals surface area contributed by atoms with Crippen LogP contribution in [0.3, 0.4) is 0 Å². The zero-order valence-electron chi connectivity index (χ0n) is 9.96. The highest BCUT2D eigenvalue weighted by Gasteiger charge is 2.08. The van der Waals surface area contributed by atoms with Gasteiger partial charge in [-0.2, -0.15) is 5.10 Å². The number of hydrogen-bond donors (Lipinski definition) is 2. The zero-order valence-corrected chi connectivity index (χ0v) is 10.8. The lowest BCUT2D eigenvalue weighted by Crippen LogP contribution is -2.29. The van der Waals surface area contributed by atoms with E-state index in [0.717, 1.165) is 5.56 Å². The topological polar surface area (TPSA) is 84.2 Å². The van der Waals surface area contributed by atoms with Gasteiger partial charge < -0.3 is 5.11 Å². The second-order valence-corrected chi connectivity index (χ2v) is 5.85. The SMILES string of the molecule is Cc1cnn(CCNS(=O)(=O)CCCCO)c1. The van der Waals surface area contributed by atoms with Crippen LogP contribution in [-0.4, -0.2) is 42.2 Å². The van der Waals surface area contributed by atoms with Crippen molar-refractivity contribution >= 4 is 10.0 Å². The first kappa shape index (κ1) is 14.1. The Morgan fingerprint density at radius 1 is 1.47 bits per heavy atom. The summed E-state index contributed by atoms with van der Waals surface area (Å²) >= 11 is 0. The van der Waals surface area contributed by atoms with Crippen LogP contribution in [0.4, 0.5) is 0 Å². The zero-order chi connectivity index (χ0) is 12.7. The molecule has 0 atom stereocenters. The fourth-order valence-corrected chi connectivity index (χ4v) is 2.51. The molecule has 0 saturated heterocycles. The fourth-order valence-electron chi connectivity index (χ4n) is 1.38. The molecule has 0 bridgehead atoms. The molecular weight excluding hydrogens is 242 g/mol. The Labute approximate surface area is 102 Å². The fraction of sp³-hybridized carbons (Fsp3) is 0.700. The van der Waals surface area contributed by atoms with Gasteiger partial charge in [-0.3, -0.25) is 4.68 Å². The lowest BCUT2D eigenvalue weighted by molar-refractivity contribution is 0.287. The third-order valence-electron chi connectivity index (χ3n) is 2.25. The number of sulfonamides is 1. The third-order valence-corrected chi connectivity index (χ3v) is 3.72. The first-order valence-corrected chi connectivity index (χ1v) is 7.26. The molecule has 1 aromatic rings. The summed E-state index contributed by atoms with van der Waals surface area (Å²) in [6, 6.07) is 0. The van der Waals surface area contributed by atoms with Gasteiger partial charge in [-0.1, -0.05) is 0 Å². The molecule has 0 aliphatic rings. The minimum absolute atomic E-state index is 0.0298. The molecule has 1 heterocycles. The average molecular weight is 261 g/mol. The van der Waals surface area contributed by atoms with Crippen LogP contribution in [0.15, 0.2) is 12.4 Å². The quantitative estimate of drug-likeness (QED) is 0.639. The summed E-state index contributed by atoms with van der Waals surface area (Å²) in [4.78, 5) is 0. The lowest BCUT2D eigenvalue weighted by Gasteiger charge is -2.06. The highest BCUT2D eigenvalue weighted by Crippen LogP contribution is 1.95. The Hall–Kier alpha value is -0.920. The maximum absolute atomic E-state index is 11.5. The average Bonchev–Trinajstić information content (AvgIpc) is 2.64. The molecule has 0 aliphatic heterocycles. The monoisotopic (exact) mass is 261 g/mol. The van der Waals surface area contributed by atoms with Gasteiger partial charge in [0.05, 0.1) is 18.5 Å². The molecule has 0 radical (unpaired) electrons. The molecule has 7 heteroatoms. The molecule has 0 aliphatic carbocycles. The summed E-state index contributed by atoms with van der Waals surface area (Å²) in [6.07, 6.45) is 4.59. The van der Waals surface area contributed by atoms with E-state index in [1.54, 1.807) is 10.9 Å². The van der Waals surface area contributed by atoms with E-state index in [2.05, 4.69) is 9.82 Å². The molecule has 6 nitrogen and oxygen atoms in total. The summed E-state index contributed by atoms with van der Waals surface area (Å²) < 4.78 is 27.2. The Balaban J connectivity index is 2.25. The van der Waals surface area contributed by atoms with Gasteiger partial charge in [-0.05, 0) is 25.3 Å². The van der Waals surface area contributed by atoms with Crippen molar-refractivity contribution in [1.29, 1.82) is 0 Å². The molecule has 1 rings (SSSR count). The van der Waals surface area contributed by atoms with E-state index in [1.165, 1.54) is 0 Å². The van der Waals surface area contributed by atoms with Gasteiger partial charge in [0, 0.05) is 19.3 Å². The van der Waals surface area contributed by atoms with Crippen molar-refractivity contribution in [2.45, 2.75) is 26.3 Å². The molecule has 98 valence electrons. The van der Waals surface area contributed by atoms with Gasteiger partial charge in [0.15, 0.2) is 0 Å². The minimum Gasteiger partial charge on any atom is -0.396 e. The summed E-state index contributed by atoms with van der Waals surface area (Å²) in [7, 11) is -3.22. The predicted molar refractivity (Wildman–Crippen MR) is 65.1 cm³/mol. The molecule has 1 aromatic heterocycles. The number of aliphatic hydroxyl groups is 1. The van der Waals surface area contributed by atoms with E-state index in [4.69, 9.17) is 5.11 Å². The Kier molecular flexibility index (Phi) is 5.60. The summed E-state index contributed by atoms with van der Waals surface area (Å²) in [5.74, 6) is 0.0612. The summed E-state index contributed by atoms with van der Waals surface area (Å²) in [5.41, 5.74) is 1.05. The molecule has 0 amide bonds. The van der Waals surface area contributed by atoms with Gasteiger partial charge in [0.1, 0.15) is 0 Å². The van der Waals surface area contributed by atoms with Crippen LogP contribution in [0.25, 0.3) is 0 Å². The highest BCUT2D eigenvalue weighted by atomic mass is 32.2. The van der Waals surface area contributed by atoms with Crippen molar-refractivity contribution < 1.29 is 13.5 Å². The molecule has 0 unspecified atom stereocenters. The van der Waals surface area contributed by atoms with Gasteiger partial charge in [0.2, 0.25) is 10.0 Å². The van der Waals surface area contributed by atoms with Gasteiger partial charge in [-0.15, -0.1) is 0 Å². The molecule has 0 aromatic carbocycles. The minimum atomic E-state index is -3.22.